The van der Waals surface area contributed by atoms with Gasteiger partial charge in [0.2, 0.25) is 11.8 Å². The first-order chi connectivity index (χ1) is 11.2. The van der Waals surface area contributed by atoms with Gasteiger partial charge in [0.25, 0.3) is 0 Å². The van der Waals surface area contributed by atoms with Gasteiger partial charge in [0.1, 0.15) is 5.92 Å². The van der Waals surface area contributed by atoms with Crippen molar-refractivity contribution in [1.29, 1.82) is 0 Å². The van der Waals surface area contributed by atoms with E-state index < -0.39 is 5.92 Å². The number of carbonyl (C=O) groups excluding carboxylic acids is 2. The molecule has 4 nitrogen and oxygen atoms in total. The lowest BCUT2D eigenvalue weighted by molar-refractivity contribution is -0.132. The van der Waals surface area contributed by atoms with Crippen LogP contribution in [0, 0.1) is 5.92 Å². The molecule has 0 aliphatic carbocycles. The summed E-state index contributed by atoms with van der Waals surface area (Å²) in [5, 5.41) is 2.86. The molecule has 0 bridgehead atoms. The van der Waals surface area contributed by atoms with Crippen molar-refractivity contribution in [2.45, 2.75) is 13.0 Å². The second kappa shape index (κ2) is 6.96. The number of hydrogen-bond acceptors (Lipinski definition) is 2. The molecule has 1 N–H and O–H groups in total. The highest BCUT2D eigenvalue weighted by Crippen LogP contribution is 2.31. The minimum Gasteiger partial charge on any atom is -0.351 e. The topological polar surface area (TPSA) is 49.4 Å². The number of rotatable bonds is 4. The molecule has 0 aromatic heterocycles. The molecule has 3 rings (SSSR count). The van der Waals surface area contributed by atoms with Crippen molar-refractivity contribution in [3.05, 3.63) is 64.6 Å². The molecule has 1 aliphatic heterocycles. The summed E-state index contributed by atoms with van der Waals surface area (Å²) in [4.78, 5) is 26.6. The summed E-state index contributed by atoms with van der Waals surface area (Å²) in [6.07, 6.45) is 0.542. The predicted octanol–water partition coefficient (Wildman–Crippen LogP) is 3.12. The van der Waals surface area contributed by atoms with Gasteiger partial charge in [-0.3, -0.25) is 9.59 Å². The molecule has 2 amide bonds. The minimum atomic E-state index is -0.606. The average molecular weight is 373 g/mol. The molecule has 118 valence electrons. The quantitative estimate of drug-likeness (QED) is 0.838. The molecule has 23 heavy (non-hydrogen) atoms. The number of nitrogens with one attached hydrogen (secondary N) is 1. The third-order valence-corrected chi connectivity index (χ3v) is 4.65. The van der Waals surface area contributed by atoms with Crippen molar-refractivity contribution < 1.29 is 9.59 Å². The van der Waals surface area contributed by atoms with Crippen LogP contribution in [-0.4, -0.2) is 18.4 Å². The molecule has 0 spiro atoms. The Hall–Kier alpha value is -2.14. The van der Waals surface area contributed by atoms with Gasteiger partial charge in [-0.25, -0.2) is 0 Å². The molecule has 0 saturated carbocycles. The smallest absolute Gasteiger partial charge is 0.239 e. The lowest BCUT2D eigenvalue weighted by Crippen LogP contribution is -2.36. The number of halogens is 1. The molecule has 1 unspecified atom stereocenters. The maximum absolute atomic E-state index is 12.6. The van der Waals surface area contributed by atoms with Crippen LogP contribution in [0.3, 0.4) is 0 Å². The minimum absolute atomic E-state index is 0.137. The number of carbonyl (C=O) groups is 2. The van der Waals surface area contributed by atoms with Crippen molar-refractivity contribution in [3.8, 4) is 0 Å². The fourth-order valence-corrected chi connectivity index (χ4v) is 3.24. The zero-order valence-corrected chi connectivity index (χ0v) is 14.1. The van der Waals surface area contributed by atoms with Crippen molar-refractivity contribution in [3.63, 3.8) is 0 Å². The lowest BCUT2D eigenvalue weighted by Gasteiger charge is -2.18. The highest BCUT2D eigenvalue weighted by Gasteiger charge is 2.37. The van der Waals surface area contributed by atoms with Gasteiger partial charge in [-0.1, -0.05) is 42.5 Å². The first-order valence-electron chi connectivity index (χ1n) is 7.54. The molecule has 2 aromatic carbocycles. The van der Waals surface area contributed by atoms with Crippen LogP contribution < -0.4 is 10.2 Å². The third-order valence-electron chi connectivity index (χ3n) is 3.97. The van der Waals surface area contributed by atoms with Crippen LogP contribution in [0.25, 0.3) is 0 Å². The van der Waals surface area contributed by atoms with Crippen molar-refractivity contribution in [2.24, 2.45) is 5.92 Å². The molecule has 1 fully saturated rings. The highest BCUT2D eigenvalue weighted by molar-refractivity contribution is 9.10. The average Bonchev–Trinajstić information content (AvgIpc) is 2.95. The summed E-state index contributed by atoms with van der Waals surface area (Å²) in [6, 6.07) is 17.2. The summed E-state index contributed by atoms with van der Waals surface area (Å²) >= 11 is 3.46. The van der Waals surface area contributed by atoms with E-state index >= 15 is 0 Å². The molecule has 1 heterocycles. The molecule has 2 aromatic rings. The number of benzene rings is 2. The number of amides is 2. The van der Waals surface area contributed by atoms with E-state index in [1.807, 2.05) is 54.6 Å². The van der Waals surface area contributed by atoms with Gasteiger partial charge >= 0.3 is 0 Å². The zero-order chi connectivity index (χ0) is 16.2. The lowest BCUT2D eigenvalue weighted by atomic mass is 10.1. The second-order valence-corrected chi connectivity index (χ2v) is 6.34. The fraction of sp³-hybridized carbons (Fsp3) is 0.222. The van der Waals surface area contributed by atoms with Crippen molar-refractivity contribution in [1.82, 2.24) is 5.32 Å². The van der Waals surface area contributed by atoms with Gasteiger partial charge < -0.3 is 10.2 Å². The van der Waals surface area contributed by atoms with Crippen LogP contribution >= 0.6 is 15.9 Å². The zero-order valence-electron chi connectivity index (χ0n) is 12.5. The molecule has 1 saturated heterocycles. The Kier molecular flexibility index (Phi) is 4.76. The Morgan fingerprint density at radius 2 is 1.83 bits per heavy atom. The predicted molar refractivity (Wildman–Crippen MR) is 92.9 cm³/mol. The van der Waals surface area contributed by atoms with E-state index in [9.17, 15) is 9.59 Å². The van der Waals surface area contributed by atoms with E-state index in [0.717, 1.165) is 15.7 Å². The third kappa shape index (κ3) is 3.45. The Morgan fingerprint density at radius 3 is 2.57 bits per heavy atom. The molecule has 0 radical (unpaired) electrons. The van der Waals surface area contributed by atoms with E-state index in [-0.39, 0.29) is 11.8 Å². The fourth-order valence-electron chi connectivity index (χ4n) is 2.74. The Labute approximate surface area is 143 Å². The van der Waals surface area contributed by atoms with Crippen molar-refractivity contribution >= 4 is 33.4 Å². The Balaban J connectivity index is 1.65. The van der Waals surface area contributed by atoms with E-state index in [1.165, 1.54) is 0 Å². The Bertz CT molecular complexity index is 718. The maximum atomic E-state index is 12.6. The van der Waals surface area contributed by atoms with Crippen molar-refractivity contribution in [2.75, 3.05) is 11.4 Å². The number of anilines is 1. The monoisotopic (exact) mass is 372 g/mol. The molecule has 1 atom stereocenters. The largest absolute Gasteiger partial charge is 0.351 e. The van der Waals surface area contributed by atoms with E-state index in [4.69, 9.17) is 0 Å². The van der Waals surface area contributed by atoms with E-state index in [2.05, 4.69) is 21.2 Å². The summed E-state index contributed by atoms with van der Waals surface area (Å²) < 4.78 is 0.860. The number of para-hydroxylation sites is 1. The first kappa shape index (κ1) is 15.7. The van der Waals surface area contributed by atoms with Crippen LogP contribution in [-0.2, 0) is 16.1 Å². The molecular weight excluding hydrogens is 356 g/mol. The standard InChI is InChI=1S/C18H17BrN2O2/c19-15-8-4-5-9-16(15)21-11-10-14(18(21)23)17(22)20-12-13-6-2-1-3-7-13/h1-9,14H,10-12H2,(H,20,22). The second-order valence-electron chi connectivity index (χ2n) is 5.49. The first-order valence-corrected chi connectivity index (χ1v) is 8.33. The van der Waals surface area contributed by atoms with E-state index in [0.29, 0.717) is 19.5 Å². The van der Waals surface area contributed by atoms with E-state index in [1.54, 1.807) is 4.90 Å². The summed E-state index contributed by atoms with van der Waals surface area (Å²) in [6.45, 7) is 1.00. The summed E-state index contributed by atoms with van der Waals surface area (Å²) in [5.74, 6) is -0.943. The molecule has 1 aliphatic rings. The van der Waals surface area contributed by atoms with Crippen LogP contribution in [0.1, 0.15) is 12.0 Å². The van der Waals surface area contributed by atoms with Gasteiger partial charge in [0.15, 0.2) is 0 Å². The SMILES string of the molecule is O=C(NCc1ccccc1)C1CCN(c2ccccc2Br)C1=O. The highest BCUT2D eigenvalue weighted by atomic mass is 79.9. The van der Waals surface area contributed by atoms with Gasteiger partial charge in [-0.15, -0.1) is 0 Å². The van der Waals surface area contributed by atoms with Crippen LogP contribution in [0.5, 0.6) is 0 Å². The van der Waals surface area contributed by atoms with Gasteiger partial charge in [-0.2, -0.15) is 0 Å². The summed E-state index contributed by atoms with van der Waals surface area (Å²) in [7, 11) is 0. The normalized spacial score (nSPS) is 17.3. The molecular formula is C18H17BrN2O2. The molecule has 5 heteroatoms. The summed E-state index contributed by atoms with van der Waals surface area (Å²) in [5.41, 5.74) is 1.84. The van der Waals surface area contributed by atoms with Crippen LogP contribution in [0.2, 0.25) is 0 Å². The number of hydrogen-bond donors (Lipinski definition) is 1. The van der Waals surface area contributed by atoms with Crippen LogP contribution in [0.4, 0.5) is 5.69 Å². The van der Waals surface area contributed by atoms with Gasteiger partial charge in [0.05, 0.1) is 5.69 Å². The van der Waals surface area contributed by atoms with Gasteiger partial charge in [-0.05, 0) is 40.0 Å². The maximum Gasteiger partial charge on any atom is 0.239 e. The van der Waals surface area contributed by atoms with Gasteiger partial charge in [0, 0.05) is 17.6 Å². The number of nitrogens with zero attached hydrogens (tertiary/aromatic N) is 1. The Morgan fingerprint density at radius 1 is 1.13 bits per heavy atom. The van der Waals surface area contributed by atoms with Crippen LogP contribution in [0.15, 0.2) is 59.1 Å².